The molecule has 1 N–H and O–H groups in total. The van der Waals surface area contributed by atoms with Gasteiger partial charge in [-0.3, -0.25) is 14.4 Å². The Morgan fingerprint density at radius 3 is 2.36 bits per heavy atom. The van der Waals surface area contributed by atoms with Gasteiger partial charge < -0.3 is 10.0 Å². The van der Waals surface area contributed by atoms with Gasteiger partial charge in [-0.25, -0.2) is 0 Å². The second-order valence-electron chi connectivity index (χ2n) is 12.0. The van der Waals surface area contributed by atoms with Crippen LogP contribution in [0.2, 0.25) is 0 Å². The standard InChI is InChI=1S/C28H35NO4/c30-24(13-23-21-11-18-12-22(23)16-28(14-18,15-21)26(32)33)27(8-9-27)7-5-25(31)29-10-6-19-3-1-2-4-20(19)17-29/h1-4,18,21-23H,5-17H2,(H,32,33). The molecule has 5 aliphatic carbocycles. The Morgan fingerprint density at radius 1 is 1.00 bits per heavy atom. The molecular weight excluding hydrogens is 414 g/mol. The lowest BCUT2D eigenvalue weighted by molar-refractivity contribution is -0.171. The molecule has 33 heavy (non-hydrogen) atoms. The highest BCUT2D eigenvalue weighted by atomic mass is 16.4. The Morgan fingerprint density at radius 2 is 1.70 bits per heavy atom. The van der Waals surface area contributed by atoms with Gasteiger partial charge in [-0.15, -0.1) is 0 Å². The molecular formula is C28H35NO4. The molecule has 1 heterocycles. The van der Waals surface area contributed by atoms with Gasteiger partial charge in [0.1, 0.15) is 5.78 Å². The van der Waals surface area contributed by atoms with Crippen LogP contribution in [0.4, 0.5) is 0 Å². The predicted molar refractivity (Wildman–Crippen MR) is 123 cm³/mol. The van der Waals surface area contributed by atoms with Gasteiger partial charge >= 0.3 is 5.97 Å². The lowest BCUT2D eigenvalue weighted by Gasteiger charge is -2.58. The molecule has 2 unspecified atom stereocenters. The van der Waals surface area contributed by atoms with E-state index < -0.39 is 11.4 Å². The average molecular weight is 450 g/mol. The first-order valence-electron chi connectivity index (χ1n) is 13.0. The Bertz CT molecular complexity index is 979. The summed E-state index contributed by atoms with van der Waals surface area (Å²) in [4.78, 5) is 40.4. The number of hydrogen-bond acceptors (Lipinski definition) is 3. The first kappa shape index (κ1) is 21.4. The van der Waals surface area contributed by atoms with Gasteiger partial charge in [0, 0.05) is 31.3 Å². The lowest BCUT2D eigenvalue weighted by atomic mass is 9.45. The number of carbonyl (C=O) groups is 3. The third-order valence-electron chi connectivity index (χ3n) is 10.1. The van der Waals surface area contributed by atoms with Crippen LogP contribution >= 0.6 is 0 Å². The normalized spacial score (nSPS) is 35.2. The van der Waals surface area contributed by atoms with Crippen LogP contribution in [0.5, 0.6) is 0 Å². The fourth-order valence-corrected chi connectivity index (χ4v) is 8.19. The smallest absolute Gasteiger partial charge is 0.309 e. The zero-order valence-electron chi connectivity index (χ0n) is 19.4. The first-order valence-corrected chi connectivity index (χ1v) is 13.0. The number of Topliss-reactive ketones (excluding diaryl/α,β-unsaturated/α-hetero) is 1. The zero-order chi connectivity index (χ0) is 22.8. The molecule has 0 aromatic heterocycles. The van der Waals surface area contributed by atoms with E-state index in [1.807, 2.05) is 11.0 Å². The van der Waals surface area contributed by atoms with E-state index in [9.17, 15) is 19.5 Å². The SMILES string of the molecule is O=C(CCC1(C(=O)CC2C3CC4CC2CC(C(=O)O)(C4)C3)CC1)N1CCc2ccccc2C1. The van der Waals surface area contributed by atoms with E-state index in [0.717, 1.165) is 57.9 Å². The number of nitrogens with zero attached hydrogens (tertiary/aromatic N) is 1. The molecule has 6 aliphatic rings. The van der Waals surface area contributed by atoms with Gasteiger partial charge in [-0.2, -0.15) is 0 Å². The molecule has 5 fully saturated rings. The molecule has 176 valence electrons. The number of aliphatic carboxylic acids is 1. The Balaban J connectivity index is 1.06. The van der Waals surface area contributed by atoms with E-state index in [2.05, 4.69) is 18.2 Å². The molecule has 1 amide bonds. The van der Waals surface area contributed by atoms with E-state index in [-0.39, 0.29) is 11.3 Å². The number of carboxylic acid groups (broad SMARTS) is 1. The van der Waals surface area contributed by atoms with Gasteiger partial charge in [0.05, 0.1) is 5.41 Å². The maximum atomic E-state index is 13.4. The van der Waals surface area contributed by atoms with E-state index in [1.54, 1.807) is 0 Å². The maximum Gasteiger partial charge on any atom is 0.309 e. The summed E-state index contributed by atoms with van der Waals surface area (Å²) < 4.78 is 0. The van der Waals surface area contributed by atoms with Crippen molar-refractivity contribution in [1.82, 2.24) is 4.90 Å². The van der Waals surface area contributed by atoms with Crippen molar-refractivity contribution in [2.75, 3.05) is 6.54 Å². The Labute approximate surface area is 195 Å². The van der Waals surface area contributed by atoms with Crippen molar-refractivity contribution in [2.45, 2.75) is 77.2 Å². The summed E-state index contributed by atoms with van der Waals surface area (Å²) >= 11 is 0. The van der Waals surface area contributed by atoms with Crippen LogP contribution < -0.4 is 0 Å². The van der Waals surface area contributed by atoms with Crippen LogP contribution in [0.1, 0.15) is 75.3 Å². The minimum absolute atomic E-state index is 0.182. The van der Waals surface area contributed by atoms with Gasteiger partial charge in [-0.05, 0) is 92.6 Å². The number of ketones is 1. The average Bonchev–Trinajstić information content (AvgIpc) is 3.60. The number of carbonyl (C=O) groups excluding carboxylic acids is 2. The number of hydrogen-bond donors (Lipinski definition) is 1. The van der Waals surface area contributed by atoms with Crippen molar-refractivity contribution in [1.29, 1.82) is 0 Å². The summed E-state index contributed by atoms with van der Waals surface area (Å²) in [5.74, 6) is 1.66. The molecule has 0 saturated heterocycles. The monoisotopic (exact) mass is 449 g/mol. The highest BCUT2D eigenvalue weighted by Crippen LogP contribution is 2.64. The molecule has 2 atom stereocenters. The molecule has 0 spiro atoms. The third kappa shape index (κ3) is 3.63. The number of amides is 1. The third-order valence-corrected chi connectivity index (χ3v) is 10.1. The highest BCUT2D eigenvalue weighted by Gasteiger charge is 2.60. The van der Waals surface area contributed by atoms with Gasteiger partial charge in [0.15, 0.2) is 0 Å². The van der Waals surface area contributed by atoms with Crippen LogP contribution in [-0.2, 0) is 27.3 Å². The van der Waals surface area contributed by atoms with E-state index in [1.165, 1.54) is 11.1 Å². The summed E-state index contributed by atoms with van der Waals surface area (Å²) in [5.41, 5.74) is 1.81. The van der Waals surface area contributed by atoms with Crippen LogP contribution in [0.15, 0.2) is 24.3 Å². The van der Waals surface area contributed by atoms with E-state index >= 15 is 0 Å². The largest absolute Gasteiger partial charge is 0.481 e. The lowest BCUT2D eigenvalue weighted by Crippen LogP contribution is -2.54. The molecule has 4 bridgehead atoms. The summed E-state index contributed by atoms with van der Waals surface area (Å²) in [7, 11) is 0. The maximum absolute atomic E-state index is 13.4. The fraction of sp³-hybridized carbons (Fsp3) is 0.679. The van der Waals surface area contributed by atoms with Crippen molar-refractivity contribution in [2.24, 2.45) is 34.5 Å². The Hall–Kier alpha value is -2.17. The van der Waals surface area contributed by atoms with Crippen molar-refractivity contribution >= 4 is 17.7 Å². The number of fused-ring (bicyclic) bond motifs is 1. The van der Waals surface area contributed by atoms with Crippen molar-refractivity contribution < 1.29 is 19.5 Å². The van der Waals surface area contributed by atoms with E-state index in [4.69, 9.17) is 0 Å². The molecule has 1 aliphatic heterocycles. The van der Waals surface area contributed by atoms with Crippen molar-refractivity contribution in [3.63, 3.8) is 0 Å². The summed E-state index contributed by atoms with van der Waals surface area (Å²) in [6, 6.07) is 8.36. The quantitative estimate of drug-likeness (QED) is 0.659. The molecule has 5 nitrogen and oxygen atoms in total. The molecule has 5 saturated carbocycles. The number of benzene rings is 1. The minimum Gasteiger partial charge on any atom is -0.481 e. The number of carboxylic acids is 1. The second-order valence-corrected chi connectivity index (χ2v) is 12.0. The summed E-state index contributed by atoms with van der Waals surface area (Å²) in [5, 5.41) is 9.87. The molecule has 7 rings (SSSR count). The summed E-state index contributed by atoms with van der Waals surface area (Å²) in [6.45, 7) is 1.46. The fourth-order valence-electron chi connectivity index (χ4n) is 8.19. The van der Waals surface area contributed by atoms with Crippen LogP contribution in [0, 0.1) is 34.5 Å². The Kier molecular flexibility index (Phi) is 4.97. The molecule has 1 aromatic carbocycles. The molecule has 1 aromatic rings. The predicted octanol–water partition coefficient (Wildman–Crippen LogP) is 4.62. The molecule has 0 radical (unpaired) electrons. The highest BCUT2D eigenvalue weighted by molar-refractivity contribution is 5.88. The van der Waals surface area contributed by atoms with Crippen LogP contribution in [0.3, 0.4) is 0 Å². The minimum atomic E-state index is -0.607. The van der Waals surface area contributed by atoms with Gasteiger partial charge in [0.2, 0.25) is 5.91 Å². The van der Waals surface area contributed by atoms with E-state index in [0.29, 0.717) is 55.3 Å². The topological polar surface area (TPSA) is 74.7 Å². The van der Waals surface area contributed by atoms with Crippen molar-refractivity contribution in [3.8, 4) is 0 Å². The van der Waals surface area contributed by atoms with Crippen LogP contribution in [-0.4, -0.2) is 34.2 Å². The van der Waals surface area contributed by atoms with Gasteiger partial charge in [0.25, 0.3) is 0 Å². The second kappa shape index (κ2) is 7.68. The number of rotatable bonds is 7. The summed E-state index contributed by atoms with van der Waals surface area (Å²) in [6.07, 6.45) is 9.15. The van der Waals surface area contributed by atoms with Crippen LogP contribution in [0.25, 0.3) is 0 Å². The van der Waals surface area contributed by atoms with Crippen molar-refractivity contribution in [3.05, 3.63) is 35.4 Å². The first-order chi connectivity index (χ1) is 15.9. The molecule has 5 heteroatoms. The van der Waals surface area contributed by atoms with Gasteiger partial charge in [-0.1, -0.05) is 24.3 Å². The zero-order valence-corrected chi connectivity index (χ0v) is 19.4.